The lowest BCUT2D eigenvalue weighted by Crippen LogP contribution is -2.07. The predicted octanol–water partition coefficient (Wildman–Crippen LogP) is 3.38. The molecule has 0 atom stereocenters. The van der Waals surface area contributed by atoms with Crippen molar-refractivity contribution in [1.29, 1.82) is 0 Å². The fourth-order valence-electron chi connectivity index (χ4n) is 1.16. The summed E-state index contributed by atoms with van der Waals surface area (Å²) in [6, 6.07) is 3.95. The minimum absolute atomic E-state index is 0.226. The van der Waals surface area contributed by atoms with Crippen LogP contribution in [0.4, 0.5) is 0 Å². The summed E-state index contributed by atoms with van der Waals surface area (Å²) in [7, 11) is 0. The molecule has 0 aliphatic rings. The fraction of sp³-hybridized carbons (Fsp3) is 0.455. The lowest BCUT2D eigenvalue weighted by molar-refractivity contribution is 0.240. The van der Waals surface area contributed by atoms with E-state index in [1.807, 2.05) is 26.0 Å². The van der Waals surface area contributed by atoms with E-state index in [0.717, 1.165) is 10.6 Å². The summed E-state index contributed by atoms with van der Waals surface area (Å²) < 4.78 is 5.65. The standard InChI is InChI=1S/C11H16OS/c1-7(2)12-10-5-6-11(13)9(4)8(10)3/h5-7,13H,1-4H3. The van der Waals surface area contributed by atoms with Gasteiger partial charge in [0.05, 0.1) is 6.10 Å². The first-order valence-corrected chi connectivity index (χ1v) is 4.93. The molecule has 0 aromatic heterocycles. The Bertz CT molecular complexity index is 305. The van der Waals surface area contributed by atoms with Gasteiger partial charge in [-0.05, 0) is 51.0 Å². The van der Waals surface area contributed by atoms with E-state index in [0.29, 0.717) is 0 Å². The monoisotopic (exact) mass is 196 g/mol. The smallest absolute Gasteiger partial charge is 0.122 e. The number of ether oxygens (including phenoxy) is 1. The molecule has 0 bridgehead atoms. The lowest BCUT2D eigenvalue weighted by atomic mass is 10.1. The summed E-state index contributed by atoms with van der Waals surface area (Å²) >= 11 is 4.35. The maximum absolute atomic E-state index is 5.65. The molecule has 0 aliphatic carbocycles. The second kappa shape index (κ2) is 4.05. The molecule has 0 aliphatic heterocycles. The van der Waals surface area contributed by atoms with E-state index in [4.69, 9.17) is 4.74 Å². The van der Waals surface area contributed by atoms with E-state index in [1.54, 1.807) is 0 Å². The van der Waals surface area contributed by atoms with Gasteiger partial charge in [-0.3, -0.25) is 0 Å². The minimum atomic E-state index is 0.226. The van der Waals surface area contributed by atoms with E-state index in [2.05, 4.69) is 26.5 Å². The Morgan fingerprint density at radius 3 is 2.31 bits per heavy atom. The molecule has 0 unspecified atom stereocenters. The van der Waals surface area contributed by atoms with Crippen molar-refractivity contribution < 1.29 is 4.74 Å². The average molecular weight is 196 g/mol. The molecule has 0 saturated heterocycles. The van der Waals surface area contributed by atoms with Crippen LogP contribution in [0.25, 0.3) is 0 Å². The second-order valence-electron chi connectivity index (χ2n) is 3.50. The third-order valence-electron chi connectivity index (χ3n) is 2.07. The number of benzene rings is 1. The quantitative estimate of drug-likeness (QED) is 0.713. The zero-order valence-corrected chi connectivity index (χ0v) is 9.48. The summed E-state index contributed by atoms with van der Waals surface area (Å²) in [5.41, 5.74) is 2.38. The number of hydrogen-bond acceptors (Lipinski definition) is 2. The van der Waals surface area contributed by atoms with Crippen LogP contribution in [0.1, 0.15) is 25.0 Å². The number of rotatable bonds is 2. The molecule has 1 aromatic carbocycles. The van der Waals surface area contributed by atoms with E-state index in [-0.39, 0.29) is 6.10 Å². The van der Waals surface area contributed by atoms with Crippen molar-refractivity contribution in [3.8, 4) is 5.75 Å². The van der Waals surface area contributed by atoms with Gasteiger partial charge in [0.25, 0.3) is 0 Å². The molecular formula is C11H16OS. The average Bonchev–Trinajstić information content (AvgIpc) is 2.06. The number of hydrogen-bond donors (Lipinski definition) is 1. The first-order valence-electron chi connectivity index (χ1n) is 4.48. The van der Waals surface area contributed by atoms with Gasteiger partial charge in [-0.2, -0.15) is 0 Å². The summed E-state index contributed by atoms with van der Waals surface area (Å²) in [4.78, 5) is 1.02. The van der Waals surface area contributed by atoms with E-state index >= 15 is 0 Å². The molecule has 0 saturated carbocycles. The summed E-state index contributed by atoms with van der Waals surface area (Å²) in [6.45, 7) is 8.18. The third kappa shape index (κ3) is 2.41. The predicted molar refractivity (Wildman–Crippen MR) is 58.9 cm³/mol. The summed E-state index contributed by atoms with van der Waals surface area (Å²) in [5.74, 6) is 0.963. The maximum atomic E-state index is 5.65. The Hall–Kier alpha value is -0.630. The van der Waals surface area contributed by atoms with Crippen molar-refractivity contribution >= 4 is 12.6 Å². The molecule has 72 valence electrons. The van der Waals surface area contributed by atoms with Crippen LogP contribution < -0.4 is 4.74 Å². The highest BCUT2D eigenvalue weighted by Crippen LogP contribution is 2.26. The van der Waals surface area contributed by atoms with Crippen LogP contribution in [0.2, 0.25) is 0 Å². The van der Waals surface area contributed by atoms with Crippen LogP contribution in [0.5, 0.6) is 5.75 Å². The second-order valence-corrected chi connectivity index (χ2v) is 3.98. The van der Waals surface area contributed by atoms with Gasteiger partial charge >= 0.3 is 0 Å². The van der Waals surface area contributed by atoms with Gasteiger partial charge in [0.2, 0.25) is 0 Å². The Balaban J connectivity index is 3.04. The van der Waals surface area contributed by atoms with Gasteiger partial charge in [0.15, 0.2) is 0 Å². The molecule has 0 heterocycles. The number of thiol groups is 1. The van der Waals surface area contributed by atoms with E-state index < -0.39 is 0 Å². The summed E-state index contributed by atoms with van der Waals surface area (Å²) in [6.07, 6.45) is 0.226. The molecule has 0 fully saturated rings. The fourth-order valence-corrected chi connectivity index (χ4v) is 1.41. The van der Waals surface area contributed by atoms with Crippen LogP contribution in [-0.4, -0.2) is 6.10 Å². The zero-order valence-electron chi connectivity index (χ0n) is 8.59. The third-order valence-corrected chi connectivity index (χ3v) is 2.56. The van der Waals surface area contributed by atoms with Crippen LogP contribution in [0, 0.1) is 13.8 Å². The molecule has 0 amide bonds. The molecule has 0 radical (unpaired) electrons. The maximum Gasteiger partial charge on any atom is 0.122 e. The molecule has 1 aromatic rings. The first-order chi connectivity index (χ1) is 6.02. The normalized spacial score (nSPS) is 10.6. The van der Waals surface area contributed by atoms with Gasteiger partial charge < -0.3 is 4.74 Å². The van der Waals surface area contributed by atoms with Gasteiger partial charge in [0.1, 0.15) is 5.75 Å². The molecule has 0 spiro atoms. The highest BCUT2D eigenvalue weighted by molar-refractivity contribution is 7.80. The Labute approximate surface area is 85.5 Å². The lowest BCUT2D eigenvalue weighted by Gasteiger charge is -2.14. The molecule has 1 rings (SSSR count). The van der Waals surface area contributed by atoms with Gasteiger partial charge in [-0.25, -0.2) is 0 Å². The van der Waals surface area contributed by atoms with Crippen LogP contribution >= 0.6 is 12.6 Å². The van der Waals surface area contributed by atoms with Crippen molar-refractivity contribution in [1.82, 2.24) is 0 Å². The molecule has 2 heteroatoms. The van der Waals surface area contributed by atoms with E-state index in [1.165, 1.54) is 11.1 Å². The van der Waals surface area contributed by atoms with Crippen molar-refractivity contribution in [2.75, 3.05) is 0 Å². The van der Waals surface area contributed by atoms with Crippen LogP contribution in [0.15, 0.2) is 17.0 Å². The summed E-state index contributed by atoms with van der Waals surface area (Å²) in [5, 5.41) is 0. The minimum Gasteiger partial charge on any atom is -0.491 e. The van der Waals surface area contributed by atoms with E-state index in [9.17, 15) is 0 Å². The molecule has 0 N–H and O–H groups in total. The SMILES string of the molecule is Cc1c(S)ccc(OC(C)C)c1C. The van der Waals surface area contributed by atoms with Gasteiger partial charge in [0, 0.05) is 4.90 Å². The van der Waals surface area contributed by atoms with Gasteiger partial charge in [-0.1, -0.05) is 0 Å². The molecule has 1 nitrogen and oxygen atoms in total. The van der Waals surface area contributed by atoms with Crippen molar-refractivity contribution in [3.63, 3.8) is 0 Å². The first kappa shape index (κ1) is 10.5. The zero-order chi connectivity index (χ0) is 10.0. The van der Waals surface area contributed by atoms with Gasteiger partial charge in [-0.15, -0.1) is 12.6 Å². The highest BCUT2D eigenvalue weighted by atomic mass is 32.1. The van der Waals surface area contributed by atoms with Crippen molar-refractivity contribution in [3.05, 3.63) is 23.3 Å². The largest absolute Gasteiger partial charge is 0.491 e. The molecule has 13 heavy (non-hydrogen) atoms. The van der Waals surface area contributed by atoms with Crippen molar-refractivity contribution in [2.45, 2.75) is 38.7 Å². The highest BCUT2D eigenvalue weighted by Gasteiger charge is 2.05. The molecular weight excluding hydrogens is 180 g/mol. The van der Waals surface area contributed by atoms with Crippen LogP contribution in [0.3, 0.4) is 0 Å². The Morgan fingerprint density at radius 2 is 1.77 bits per heavy atom. The topological polar surface area (TPSA) is 9.23 Å². The van der Waals surface area contributed by atoms with Crippen molar-refractivity contribution in [2.24, 2.45) is 0 Å². The Kier molecular flexibility index (Phi) is 3.26. The Morgan fingerprint density at radius 1 is 1.15 bits per heavy atom. The van der Waals surface area contributed by atoms with Crippen LogP contribution in [-0.2, 0) is 0 Å².